The van der Waals surface area contributed by atoms with Crippen LogP contribution in [0.1, 0.15) is 20.9 Å². The highest BCUT2D eigenvalue weighted by atomic mass is 35.5. The summed E-state index contributed by atoms with van der Waals surface area (Å²) in [5.41, 5.74) is -0.394. The average molecular weight is 475 g/mol. The molecule has 0 radical (unpaired) electrons. The Morgan fingerprint density at radius 2 is 1.93 bits per heavy atom. The van der Waals surface area contributed by atoms with Crippen molar-refractivity contribution in [2.75, 3.05) is 5.32 Å². The number of rotatable bonds is 4. The second-order valence-corrected chi connectivity index (χ2v) is 8.06. The van der Waals surface area contributed by atoms with Crippen LogP contribution in [-0.2, 0) is 19.8 Å². The van der Waals surface area contributed by atoms with Crippen LogP contribution in [0.5, 0.6) is 0 Å². The lowest BCUT2D eigenvalue weighted by atomic mass is 10.2. The molecule has 1 amide bonds. The number of fused-ring (bicyclic) bond motifs is 1. The van der Waals surface area contributed by atoms with Gasteiger partial charge in [-0.3, -0.25) is 14.8 Å². The number of alkyl halides is 3. The predicted molar refractivity (Wildman–Crippen MR) is 107 cm³/mol. The molecule has 0 unspecified atom stereocenters. The Labute approximate surface area is 181 Å². The predicted octanol–water partition coefficient (Wildman–Crippen LogP) is 4.85. The summed E-state index contributed by atoms with van der Waals surface area (Å²) in [6, 6.07) is 6.25. The third kappa shape index (κ3) is 3.87. The molecule has 156 valence electrons. The standard InChI is InChI=1S/C17H11Cl2F3N6OS/c1-27-15-8(13(25-27)17(20,21)22)5-12(30-15)14(29)24-16-23-7-28(26-16)6-9-10(18)3-2-4-11(9)19/h2-5,7H,6H2,1H3,(H,24,26,29). The molecule has 0 saturated heterocycles. The molecule has 0 aliphatic heterocycles. The molecule has 0 fully saturated rings. The van der Waals surface area contributed by atoms with Gasteiger partial charge in [0.2, 0.25) is 5.95 Å². The van der Waals surface area contributed by atoms with Crippen molar-refractivity contribution >= 4 is 56.6 Å². The number of aryl methyl sites for hydroxylation is 1. The van der Waals surface area contributed by atoms with Crippen molar-refractivity contribution in [1.29, 1.82) is 0 Å². The van der Waals surface area contributed by atoms with Gasteiger partial charge in [-0.15, -0.1) is 16.4 Å². The summed E-state index contributed by atoms with van der Waals surface area (Å²) in [5, 5.41) is 10.9. The van der Waals surface area contributed by atoms with E-state index < -0.39 is 17.8 Å². The number of benzene rings is 1. The smallest absolute Gasteiger partial charge is 0.288 e. The number of carbonyl (C=O) groups excluding carboxylic acids is 1. The fourth-order valence-electron chi connectivity index (χ4n) is 2.80. The largest absolute Gasteiger partial charge is 0.435 e. The summed E-state index contributed by atoms with van der Waals surface area (Å²) in [5.74, 6) is -0.632. The molecular formula is C17H11Cl2F3N6OS. The number of hydrogen-bond donors (Lipinski definition) is 1. The van der Waals surface area contributed by atoms with Crippen LogP contribution in [0, 0.1) is 0 Å². The molecule has 3 aromatic heterocycles. The summed E-state index contributed by atoms with van der Waals surface area (Å²) in [4.78, 5) is 16.8. The van der Waals surface area contributed by atoms with Gasteiger partial charge in [0.25, 0.3) is 5.91 Å². The summed E-state index contributed by atoms with van der Waals surface area (Å²) in [7, 11) is 1.39. The van der Waals surface area contributed by atoms with Gasteiger partial charge in [-0.05, 0) is 18.2 Å². The van der Waals surface area contributed by atoms with Crippen molar-refractivity contribution in [3.8, 4) is 0 Å². The first kappa shape index (κ1) is 20.6. The minimum Gasteiger partial charge on any atom is -0.288 e. The molecular weight excluding hydrogens is 464 g/mol. The molecule has 1 N–H and O–H groups in total. The molecule has 13 heteroatoms. The minimum atomic E-state index is -4.62. The van der Waals surface area contributed by atoms with Gasteiger partial charge in [0.1, 0.15) is 11.2 Å². The van der Waals surface area contributed by atoms with E-state index in [1.807, 2.05) is 0 Å². The Morgan fingerprint density at radius 3 is 2.60 bits per heavy atom. The second-order valence-electron chi connectivity index (χ2n) is 6.22. The maximum Gasteiger partial charge on any atom is 0.435 e. The van der Waals surface area contributed by atoms with Crippen molar-refractivity contribution in [3.05, 3.63) is 56.8 Å². The minimum absolute atomic E-state index is 0.00481. The van der Waals surface area contributed by atoms with E-state index in [-0.39, 0.29) is 27.6 Å². The zero-order chi connectivity index (χ0) is 21.6. The van der Waals surface area contributed by atoms with Crippen molar-refractivity contribution in [1.82, 2.24) is 24.5 Å². The first-order valence-corrected chi connectivity index (χ1v) is 9.88. The van der Waals surface area contributed by atoms with Gasteiger partial charge in [-0.1, -0.05) is 29.3 Å². The highest BCUT2D eigenvalue weighted by molar-refractivity contribution is 7.20. The zero-order valence-corrected chi connectivity index (χ0v) is 17.4. The van der Waals surface area contributed by atoms with Crippen LogP contribution >= 0.6 is 34.5 Å². The Balaban J connectivity index is 1.54. The van der Waals surface area contributed by atoms with Crippen molar-refractivity contribution in [2.24, 2.45) is 7.05 Å². The third-order valence-electron chi connectivity index (χ3n) is 4.15. The Kier molecular flexibility index (Phi) is 5.20. The molecule has 0 aliphatic rings. The van der Waals surface area contributed by atoms with Crippen LogP contribution in [0.4, 0.5) is 19.1 Å². The van der Waals surface area contributed by atoms with Crippen LogP contribution in [-0.4, -0.2) is 30.5 Å². The Morgan fingerprint density at radius 1 is 1.23 bits per heavy atom. The number of nitrogens with zero attached hydrogens (tertiary/aromatic N) is 5. The van der Waals surface area contributed by atoms with Gasteiger partial charge in [0.05, 0.1) is 11.4 Å². The molecule has 30 heavy (non-hydrogen) atoms. The fourth-order valence-corrected chi connectivity index (χ4v) is 4.28. The average Bonchev–Trinajstić information content (AvgIpc) is 3.35. The molecule has 0 atom stereocenters. The summed E-state index contributed by atoms with van der Waals surface area (Å²) in [6.45, 7) is 0.227. The van der Waals surface area contributed by atoms with Gasteiger partial charge >= 0.3 is 6.18 Å². The quantitative estimate of drug-likeness (QED) is 0.458. The van der Waals surface area contributed by atoms with E-state index in [0.29, 0.717) is 15.6 Å². The molecule has 4 aromatic rings. The second kappa shape index (κ2) is 7.56. The molecule has 0 aliphatic carbocycles. The number of nitrogens with one attached hydrogen (secondary N) is 1. The molecule has 1 aromatic carbocycles. The van der Waals surface area contributed by atoms with Gasteiger partial charge in [-0.2, -0.15) is 18.3 Å². The van der Waals surface area contributed by atoms with Crippen LogP contribution in [0.3, 0.4) is 0 Å². The number of halogens is 5. The van der Waals surface area contributed by atoms with Gasteiger partial charge in [-0.25, -0.2) is 9.67 Å². The Bertz CT molecular complexity index is 1240. The van der Waals surface area contributed by atoms with E-state index in [1.165, 1.54) is 18.1 Å². The first-order valence-electron chi connectivity index (χ1n) is 8.31. The summed E-state index contributed by atoms with van der Waals surface area (Å²) in [6.07, 6.45) is -3.24. The van der Waals surface area contributed by atoms with E-state index in [2.05, 4.69) is 20.5 Å². The number of aromatic nitrogens is 5. The van der Waals surface area contributed by atoms with Gasteiger partial charge in [0, 0.05) is 28.0 Å². The fraction of sp³-hybridized carbons (Fsp3) is 0.176. The van der Waals surface area contributed by atoms with Crippen molar-refractivity contribution < 1.29 is 18.0 Å². The van der Waals surface area contributed by atoms with E-state index in [1.54, 1.807) is 18.2 Å². The lowest BCUT2D eigenvalue weighted by molar-refractivity contribution is -0.140. The number of amides is 1. The molecule has 0 saturated carbocycles. The summed E-state index contributed by atoms with van der Waals surface area (Å²) < 4.78 is 41.9. The molecule has 0 spiro atoms. The molecule has 7 nitrogen and oxygen atoms in total. The van der Waals surface area contributed by atoms with Crippen LogP contribution < -0.4 is 5.32 Å². The van der Waals surface area contributed by atoms with E-state index >= 15 is 0 Å². The Hall–Kier alpha value is -2.63. The first-order chi connectivity index (χ1) is 14.1. The van der Waals surface area contributed by atoms with E-state index in [9.17, 15) is 18.0 Å². The molecule has 0 bridgehead atoms. The normalized spacial score (nSPS) is 11.9. The number of anilines is 1. The van der Waals surface area contributed by atoms with Crippen LogP contribution in [0.2, 0.25) is 10.0 Å². The van der Waals surface area contributed by atoms with Crippen LogP contribution in [0.15, 0.2) is 30.6 Å². The molecule has 4 rings (SSSR count). The topological polar surface area (TPSA) is 77.6 Å². The van der Waals surface area contributed by atoms with E-state index in [0.717, 1.165) is 22.1 Å². The maximum absolute atomic E-state index is 13.1. The van der Waals surface area contributed by atoms with Crippen molar-refractivity contribution in [2.45, 2.75) is 12.7 Å². The summed E-state index contributed by atoms with van der Waals surface area (Å²) >= 11 is 13.2. The number of carbonyl (C=O) groups is 1. The number of thiophene rings is 1. The lowest BCUT2D eigenvalue weighted by Gasteiger charge is -2.06. The van der Waals surface area contributed by atoms with Crippen LogP contribution in [0.25, 0.3) is 10.2 Å². The monoisotopic (exact) mass is 474 g/mol. The van der Waals surface area contributed by atoms with E-state index in [4.69, 9.17) is 23.2 Å². The highest BCUT2D eigenvalue weighted by Gasteiger charge is 2.37. The van der Waals surface area contributed by atoms with Gasteiger partial charge < -0.3 is 0 Å². The SMILES string of the molecule is Cn1nc(C(F)(F)F)c2cc(C(=O)Nc3ncn(Cc4c(Cl)cccc4Cl)n3)sc21. The van der Waals surface area contributed by atoms with Crippen molar-refractivity contribution in [3.63, 3.8) is 0 Å². The highest BCUT2D eigenvalue weighted by Crippen LogP contribution is 2.37. The third-order valence-corrected chi connectivity index (χ3v) is 6.06. The zero-order valence-electron chi connectivity index (χ0n) is 15.0. The lowest BCUT2D eigenvalue weighted by Crippen LogP contribution is -2.12. The molecule has 3 heterocycles. The number of hydrogen-bond acceptors (Lipinski definition) is 5. The van der Waals surface area contributed by atoms with Gasteiger partial charge in [0.15, 0.2) is 5.69 Å². The maximum atomic E-state index is 13.1.